The number of hydrogen-bond acceptors (Lipinski definition) is 2. The van der Waals surface area contributed by atoms with Gasteiger partial charge < -0.3 is 14.8 Å². The third kappa shape index (κ3) is 3.85. The lowest BCUT2D eigenvalue weighted by atomic mass is 9.93. The summed E-state index contributed by atoms with van der Waals surface area (Å²) in [5, 5.41) is 3.60. The molecule has 2 rings (SSSR count). The molecule has 0 aromatic carbocycles. The first-order chi connectivity index (χ1) is 9.36. The van der Waals surface area contributed by atoms with Crippen LogP contribution in [0.15, 0.2) is 18.5 Å². The van der Waals surface area contributed by atoms with Crippen molar-refractivity contribution < 1.29 is 4.79 Å². The van der Waals surface area contributed by atoms with Crippen LogP contribution in [0.25, 0.3) is 0 Å². The predicted octanol–water partition coefficient (Wildman–Crippen LogP) is 2.15. The Bertz CT molecular complexity index is 451. The molecule has 1 aromatic rings. The van der Waals surface area contributed by atoms with E-state index in [1.807, 2.05) is 32.7 Å². The molecule has 1 aliphatic rings. The lowest BCUT2D eigenvalue weighted by Crippen LogP contribution is -2.48. The Hall–Kier alpha value is -1.29. The molecule has 0 aliphatic carbocycles. The van der Waals surface area contributed by atoms with Gasteiger partial charge in [0.1, 0.15) is 0 Å². The topological polar surface area (TPSA) is 37.3 Å². The van der Waals surface area contributed by atoms with Crippen molar-refractivity contribution in [2.45, 2.75) is 46.2 Å². The smallest absolute Gasteiger partial charge is 0.227 e. The second-order valence-corrected chi connectivity index (χ2v) is 6.88. The number of nitrogens with one attached hydrogen (secondary N) is 1. The molecule has 1 aliphatic heterocycles. The first-order valence-electron chi connectivity index (χ1n) is 7.50. The number of rotatable bonds is 3. The van der Waals surface area contributed by atoms with Crippen LogP contribution < -0.4 is 5.32 Å². The molecule has 0 saturated carbocycles. The zero-order valence-electron chi connectivity index (χ0n) is 13.1. The Balaban J connectivity index is 1.76. The molecule has 1 saturated heterocycles. The monoisotopic (exact) mass is 277 g/mol. The van der Waals surface area contributed by atoms with Crippen LogP contribution in [0, 0.1) is 5.41 Å². The Labute approximate surface area is 122 Å². The number of likely N-dealkylation sites (tertiary alicyclic amines) is 1. The van der Waals surface area contributed by atoms with Gasteiger partial charge in [0.25, 0.3) is 0 Å². The highest BCUT2D eigenvalue weighted by atomic mass is 16.2. The van der Waals surface area contributed by atoms with Crippen LogP contribution in [0.2, 0.25) is 0 Å². The van der Waals surface area contributed by atoms with Gasteiger partial charge in [0.15, 0.2) is 0 Å². The summed E-state index contributed by atoms with van der Waals surface area (Å²) in [6, 6.07) is 2.67. The first kappa shape index (κ1) is 15.1. The summed E-state index contributed by atoms with van der Waals surface area (Å²) in [7, 11) is 2.04. The second-order valence-electron chi connectivity index (χ2n) is 6.88. The molecule has 2 heterocycles. The summed E-state index contributed by atoms with van der Waals surface area (Å²) < 4.78 is 2.07. The van der Waals surface area contributed by atoms with Crippen LogP contribution >= 0.6 is 0 Å². The fourth-order valence-electron chi connectivity index (χ4n) is 2.69. The third-order valence-electron chi connectivity index (χ3n) is 3.91. The molecule has 1 aromatic heterocycles. The normalized spacial score (nSPS) is 17.5. The van der Waals surface area contributed by atoms with Gasteiger partial charge >= 0.3 is 0 Å². The van der Waals surface area contributed by atoms with Crippen molar-refractivity contribution in [1.82, 2.24) is 14.8 Å². The molecular formula is C16H27N3O. The maximum atomic E-state index is 12.2. The highest BCUT2D eigenvalue weighted by Crippen LogP contribution is 2.21. The van der Waals surface area contributed by atoms with Crippen LogP contribution in [0.1, 0.15) is 39.2 Å². The van der Waals surface area contributed by atoms with Crippen LogP contribution in [-0.4, -0.2) is 34.5 Å². The number of amides is 1. The van der Waals surface area contributed by atoms with Crippen molar-refractivity contribution in [3.05, 3.63) is 24.0 Å². The number of carbonyl (C=O) groups is 1. The molecular weight excluding hydrogens is 250 g/mol. The maximum absolute atomic E-state index is 12.2. The van der Waals surface area contributed by atoms with E-state index in [0.717, 1.165) is 32.5 Å². The van der Waals surface area contributed by atoms with Crippen LogP contribution in [0.5, 0.6) is 0 Å². The van der Waals surface area contributed by atoms with E-state index in [1.54, 1.807) is 0 Å². The second kappa shape index (κ2) is 6.00. The molecule has 0 radical (unpaired) electrons. The van der Waals surface area contributed by atoms with E-state index >= 15 is 0 Å². The zero-order valence-corrected chi connectivity index (χ0v) is 13.1. The van der Waals surface area contributed by atoms with Gasteiger partial charge in [-0.1, -0.05) is 20.8 Å². The van der Waals surface area contributed by atoms with Gasteiger partial charge in [0.05, 0.1) is 0 Å². The number of piperidine rings is 1. The number of aromatic nitrogens is 1. The van der Waals surface area contributed by atoms with Crippen molar-refractivity contribution in [2.75, 3.05) is 13.1 Å². The molecule has 0 unspecified atom stereocenters. The van der Waals surface area contributed by atoms with Gasteiger partial charge in [0, 0.05) is 50.5 Å². The quantitative estimate of drug-likeness (QED) is 0.919. The molecule has 1 amide bonds. The lowest BCUT2D eigenvalue weighted by molar-refractivity contribution is -0.140. The van der Waals surface area contributed by atoms with E-state index in [1.165, 1.54) is 5.56 Å². The average Bonchev–Trinajstić information content (AvgIpc) is 2.81. The Morgan fingerprint density at radius 3 is 2.50 bits per heavy atom. The molecule has 4 heteroatoms. The zero-order chi connectivity index (χ0) is 14.8. The Kier molecular flexibility index (Phi) is 4.53. The predicted molar refractivity (Wildman–Crippen MR) is 81.3 cm³/mol. The van der Waals surface area contributed by atoms with Crippen molar-refractivity contribution in [1.29, 1.82) is 0 Å². The highest BCUT2D eigenvalue weighted by Gasteiger charge is 2.30. The molecule has 0 atom stereocenters. The van der Waals surface area contributed by atoms with E-state index in [4.69, 9.17) is 0 Å². The highest BCUT2D eigenvalue weighted by molar-refractivity contribution is 5.81. The van der Waals surface area contributed by atoms with Crippen LogP contribution in [-0.2, 0) is 18.4 Å². The van der Waals surface area contributed by atoms with E-state index in [0.29, 0.717) is 6.04 Å². The molecule has 4 nitrogen and oxygen atoms in total. The summed E-state index contributed by atoms with van der Waals surface area (Å²) >= 11 is 0. The Morgan fingerprint density at radius 2 is 2.00 bits per heavy atom. The van der Waals surface area contributed by atoms with E-state index in [-0.39, 0.29) is 11.3 Å². The van der Waals surface area contributed by atoms with Crippen LogP contribution in [0.4, 0.5) is 0 Å². The molecule has 20 heavy (non-hydrogen) atoms. The van der Waals surface area contributed by atoms with Crippen molar-refractivity contribution >= 4 is 5.91 Å². The number of carbonyl (C=O) groups excluding carboxylic acids is 1. The molecule has 0 spiro atoms. The van der Waals surface area contributed by atoms with Gasteiger partial charge in [-0.2, -0.15) is 0 Å². The van der Waals surface area contributed by atoms with Gasteiger partial charge in [0.2, 0.25) is 5.91 Å². The van der Waals surface area contributed by atoms with Gasteiger partial charge in [-0.05, 0) is 24.5 Å². The number of hydrogen-bond donors (Lipinski definition) is 1. The van der Waals surface area contributed by atoms with Crippen molar-refractivity contribution in [3.8, 4) is 0 Å². The number of nitrogens with zero attached hydrogens (tertiary/aromatic N) is 2. The molecule has 0 bridgehead atoms. The summed E-state index contributed by atoms with van der Waals surface area (Å²) in [6.07, 6.45) is 6.32. The van der Waals surface area contributed by atoms with Crippen LogP contribution in [0.3, 0.4) is 0 Å². The minimum Gasteiger partial charge on any atom is -0.357 e. The standard InChI is InChI=1S/C16H27N3O/c1-16(2,3)15(20)19-9-6-14(7-10-19)17-11-13-5-8-18(4)12-13/h5,8,12,14,17H,6-7,9-11H2,1-4H3. The maximum Gasteiger partial charge on any atom is 0.227 e. The van der Waals surface area contributed by atoms with Gasteiger partial charge in [-0.25, -0.2) is 0 Å². The summed E-state index contributed by atoms with van der Waals surface area (Å²) in [4.78, 5) is 14.2. The molecule has 112 valence electrons. The fourth-order valence-corrected chi connectivity index (χ4v) is 2.69. The van der Waals surface area contributed by atoms with Crippen molar-refractivity contribution in [3.63, 3.8) is 0 Å². The van der Waals surface area contributed by atoms with Gasteiger partial charge in [-0.3, -0.25) is 4.79 Å². The average molecular weight is 277 g/mol. The van der Waals surface area contributed by atoms with Gasteiger partial charge in [-0.15, -0.1) is 0 Å². The SMILES string of the molecule is Cn1ccc(CNC2CCN(C(=O)C(C)(C)C)CC2)c1. The molecule has 1 N–H and O–H groups in total. The molecule has 1 fully saturated rings. The van der Waals surface area contributed by atoms with E-state index in [2.05, 4.69) is 28.3 Å². The number of aryl methyl sites for hydroxylation is 1. The minimum atomic E-state index is -0.260. The summed E-state index contributed by atoms with van der Waals surface area (Å²) in [5.41, 5.74) is 1.06. The van der Waals surface area contributed by atoms with E-state index < -0.39 is 0 Å². The van der Waals surface area contributed by atoms with E-state index in [9.17, 15) is 4.79 Å². The third-order valence-corrected chi connectivity index (χ3v) is 3.91. The largest absolute Gasteiger partial charge is 0.357 e. The Morgan fingerprint density at radius 1 is 1.35 bits per heavy atom. The fraction of sp³-hybridized carbons (Fsp3) is 0.688. The summed E-state index contributed by atoms with van der Waals surface area (Å²) in [5.74, 6) is 0.277. The van der Waals surface area contributed by atoms with Crippen molar-refractivity contribution in [2.24, 2.45) is 12.5 Å². The first-order valence-corrected chi connectivity index (χ1v) is 7.50. The minimum absolute atomic E-state index is 0.260. The lowest BCUT2D eigenvalue weighted by Gasteiger charge is -2.36. The summed E-state index contributed by atoms with van der Waals surface area (Å²) in [6.45, 7) is 8.66.